The highest BCUT2D eigenvalue weighted by atomic mass is 79.9. The fraction of sp³-hybridized carbons (Fsp3) is 0.900. The smallest absolute Gasteiger partial charge is 0.220 e. The normalized spacial score (nSPS) is 19.2. The Balaban J connectivity index is 2.25. The number of carbonyl (C=O) groups is 1. The number of unbranched alkanes of at least 4 members (excludes halogenated alkanes) is 1. The lowest BCUT2D eigenvalue weighted by Gasteiger charge is -2.41. The summed E-state index contributed by atoms with van der Waals surface area (Å²) >= 11 is 3.47. The molecule has 0 aromatic rings. The van der Waals surface area contributed by atoms with E-state index in [1.807, 2.05) is 0 Å². The Bertz CT molecular complexity index is 172. The lowest BCUT2D eigenvalue weighted by Crippen LogP contribution is -2.54. The Labute approximate surface area is 88.6 Å². The zero-order chi connectivity index (χ0) is 9.73. The Morgan fingerprint density at radius 1 is 1.54 bits per heavy atom. The predicted octanol–water partition coefficient (Wildman–Crippen LogP) is 2.61. The standard InChI is InChI=1S/C10H18BrNO/c1-2-3-5-9(13)12-10(8-11)6-4-7-10/h2-8H2,1H3,(H,12,13). The van der Waals surface area contributed by atoms with E-state index in [-0.39, 0.29) is 11.4 Å². The fourth-order valence-electron chi connectivity index (χ4n) is 1.59. The number of halogens is 1. The zero-order valence-corrected chi connectivity index (χ0v) is 9.82. The van der Waals surface area contributed by atoms with Crippen molar-refractivity contribution in [3.05, 3.63) is 0 Å². The van der Waals surface area contributed by atoms with Crippen molar-refractivity contribution in [1.82, 2.24) is 5.32 Å². The van der Waals surface area contributed by atoms with Crippen LogP contribution >= 0.6 is 15.9 Å². The van der Waals surface area contributed by atoms with E-state index in [4.69, 9.17) is 0 Å². The molecule has 0 atom stereocenters. The largest absolute Gasteiger partial charge is 0.350 e. The molecule has 0 bridgehead atoms. The van der Waals surface area contributed by atoms with Crippen molar-refractivity contribution in [2.24, 2.45) is 0 Å². The number of amides is 1. The molecule has 1 saturated carbocycles. The van der Waals surface area contributed by atoms with Crippen LogP contribution in [-0.2, 0) is 4.79 Å². The van der Waals surface area contributed by atoms with Gasteiger partial charge in [0.25, 0.3) is 0 Å². The quantitative estimate of drug-likeness (QED) is 0.744. The van der Waals surface area contributed by atoms with Gasteiger partial charge in [-0.25, -0.2) is 0 Å². The molecular formula is C10H18BrNO. The molecule has 13 heavy (non-hydrogen) atoms. The van der Waals surface area contributed by atoms with Crippen LogP contribution in [-0.4, -0.2) is 16.8 Å². The van der Waals surface area contributed by atoms with Gasteiger partial charge in [-0.1, -0.05) is 29.3 Å². The Kier molecular flexibility index (Phi) is 4.23. The molecule has 0 heterocycles. The summed E-state index contributed by atoms with van der Waals surface area (Å²) in [6.45, 7) is 2.11. The molecule has 1 N–H and O–H groups in total. The van der Waals surface area contributed by atoms with Gasteiger partial charge in [0.2, 0.25) is 5.91 Å². The third kappa shape index (κ3) is 2.97. The first-order valence-electron chi connectivity index (χ1n) is 5.09. The second-order valence-electron chi connectivity index (χ2n) is 3.92. The molecule has 0 aromatic carbocycles. The van der Waals surface area contributed by atoms with E-state index in [1.165, 1.54) is 6.42 Å². The van der Waals surface area contributed by atoms with E-state index in [0.29, 0.717) is 6.42 Å². The van der Waals surface area contributed by atoms with Crippen molar-refractivity contribution < 1.29 is 4.79 Å². The summed E-state index contributed by atoms with van der Waals surface area (Å²) in [7, 11) is 0. The maximum absolute atomic E-state index is 11.4. The number of rotatable bonds is 5. The van der Waals surface area contributed by atoms with E-state index < -0.39 is 0 Å². The molecule has 0 saturated heterocycles. The van der Waals surface area contributed by atoms with Gasteiger partial charge in [0, 0.05) is 17.3 Å². The van der Waals surface area contributed by atoms with Crippen LogP contribution in [0.15, 0.2) is 0 Å². The Morgan fingerprint density at radius 2 is 2.23 bits per heavy atom. The Hall–Kier alpha value is -0.0500. The van der Waals surface area contributed by atoms with Crippen molar-refractivity contribution in [2.75, 3.05) is 5.33 Å². The molecule has 1 fully saturated rings. The first-order chi connectivity index (χ1) is 6.22. The molecule has 1 amide bonds. The van der Waals surface area contributed by atoms with Gasteiger partial charge >= 0.3 is 0 Å². The SMILES string of the molecule is CCCCC(=O)NC1(CBr)CCC1. The zero-order valence-electron chi connectivity index (χ0n) is 8.24. The van der Waals surface area contributed by atoms with Gasteiger partial charge in [0.15, 0.2) is 0 Å². The summed E-state index contributed by atoms with van der Waals surface area (Å²) < 4.78 is 0. The average Bonchev–Trinajstić information content (AvgIpc) is 2.08. The van der Waals surface area contributed by atoms with Crippen molar-refractivity contribution in [3.63, 3.8) is 0 Å². The van der Waals surface area contributed by atoms with Gasteiger partial charge in [-0.3, -0.25) is 4.79 Å². The summed E-state index contributed by atoms with van der Waals surface area (Å²) in [5.41, 5.74) is 0.102. The number of alkyl halides is 1. The van der Waals surface area contributed by atoms with E-state index in [1.54, 1.807) is 0 Å². The molecule has 0 unspecified atom stereocenters. The van der Waals surface area contributed by atoms with Gasteiger partial charge in [-0.2, -0.15) is 0 Å². The first-order valence-corrected chi connectivity index (χ1v) is 6.21. The number of hydrogen-bond acceptors (Lipinski definition) is 1. The molecule has 0 aliphatic heterocycles. The van der Waals surface area contributed by atoms with Crippen LogP contribution in [0.25, 0.3) is 0 Å². The van der Waals surface area contributed by atoms with Crippen LogP contribution in [0, 0.1) is 0 Å². The summed E-state index contributed by atoms with van der Waals surface area (Å²) in [6, 6.07) is 0. The number of nitrogens with one attached hydrogen (secondary N) is 1. The fourth-order valence-corrected chi connectivity index (χ4v) is 2.29. The first kappa shape index (κ1) is 11.0. The highest BCUT2D eigenvalue weighted by Gasteiger charge is 2.36. The second-order valence-corrected chi connectivity index (χ2v) is 4.48. The van der Waals surface area contributed by atoms with E-state index in [9.17, 15) is 4.79 Å². The predicted molar refractivity (Wildman–Crippen MR) is 58.0 cm³/mol. The van der Waals surface area contributed by atoms with Gasteiger partial charge in [-0.15, -0.1) is 0 Å². The summed E-state index contributed by atoms with van der Waals surface area (Å²) in [5.74, 6) is 0.223. The lowest BCUT2D eigenvalue weighted by atomic mass is 9.78. The monoisotopic (exact) mass is 247 g/mol. The van der Waals surface area contributed by atoms with Crippen molar-refractivity contribution in [1.29, 1.82) is 0 Å². The van der Waals surface area contributed by atoms with Crippen LogP contribution in [0.3, 0.4) is 0 Å². The minimum absolute atomic E-state index is 0.102. The minimum atomic E-state index is 0.102. The lowest BCUT2D eigenvalue weighted by molar-refractivity contribution is -0.123. The van der Waals surface area contributed by atoms with Gasteiger partial charge in [0.05, 0.1) is 0 Å². The molecule has 1 rings (SSSR count). The summed E-state index contributed by atoms with van der Waals surface area (Å²) in [6.07, 6.45) is 6.30. The van der Waals surface area contributed by atoms with E-state index in [0.717, 1.165) is 31.0 Å². The maximum Gasteiger partial charge on any atom is 0.220 e. The molecular weight excluding hydrogens is 230 g/mol. The maximum atomic E-state index is 11.4. The van der Waals surface area contributed by atoms with E-state index >= 15 is 0 Å². The van der Waals surface area contributed by atoms with Crippen LogP contribution < -0.4 is 5.32 Å². The summed E-state index contributed by atoms with van der Waals surface area (Å²) in [4.78, 5) is 11.4. The molecule has 0 radical (unpaired) electrons. The van der Waals surface area contributed by atoms with Gasteiger partial charge in [-0.05, 0) is 25.7 Å². The average molecular weight is 248 g/mol. The molecule has 2 nitrogen and oxygen atoms in total. The molecule has 0 aromatic heterocycles. The molecule has 3 heteroatoms. The third-order valence-electron chi connectivity index (χ3n) is 2.73. The highest BCUT2D eigenvalue weighted by Crippen LogP contribution is 2.33. The summed E-state index contributed by atoms with van der Waals surface area (Å²) in [5, 5.41) is 4.03. The van der Waals surface area contributed by atoms with Crippen LogP contribution in [0.1, 0.15) is 45.4 Å². The van der Waals surface area contributed by atoms with Crippen molar-refractivity contribution in [3.8, 4) is 0 Å². The number of hydrogen-bond donors (Lipinski definition) is 1. The van der Waals surface area contributed by atoms with Gasteiger partial charge < -0.3 is 5.32 Å². The van der Waals surface area contributed by atoms with E-state index in [2.05, 4.69) is 28.2 Å². The second kappa shape index (κ2) is 4.99. The van der Waals surface area contributed by atoms with Crippen molar-refractivity contribution in [2.45, 2.75) is 51.0 Å². The topological polar surface area (TPSA) is 29.1 Å². The Morgan fingerprint density at radius 3 is 2.62 bits per heavy atom. The number of carbonyl (C=O) groups excluding carboxylic acids is 1. The molecule has 76 valence electrons. The van der Waals surface area contributed by atoms with Crippen molar-refractivity contribution >= 4 is 21.8 Å². The molecule has 0 spiro atoms. The van der Waals surface area contributed by atoms with Crippen LogP contribution in [0.2, 0.25) is 0 Å². The van der Waals surface area contributed by atoms with Crippen LogP contribution in [0.4, 0.5) is 0 Å². The van der Waals surface area contributed by atoms with Crippen LogP contribution in [0.5, 0.6) is 0 Å². The highest BCUT2D eigenvalue weighted by molar-refractivity contribution is 9.09. The third-order valence-corrected chi connectivity index (χ3v) is 3.80. The molecule has 1 aliphatic rings. The molecule has 1 aliphatic carbocycles. The van der Waals surface area contributed by atoms with Gasteiger partial charge in [0.1, 0.15) is 0 Å². The minimum Gasteiger partial charge on any atom is -0.350 e.